The van der Waals surface area contributed by atoms with Crippen molar-refractivity contribution in [3.63, 3.8) is 0 Å². The number of unbranched alkanes of at least 4 members (excludes halogenated alkanes) is 1. The Kier molecular flexibility index (Phi) is 7.52. The first-order chi connectivity index (χ1) is 15.8. The topological polar surface area (TPSA) is 47.6 Å². The minimum Gasteiger partial charge on any atom is -0.368 e. The SMILES string of the molecule is CC1(C)CNC(=O)Nc2cc(/C=C/CCCN3CCN(c4cccc(Cl)c4Cl)CC3)ccc21. The molecular weight excluding hydrogens is 455 g/mol. The molecule has 2 aliphatic rings. The highest BCUT2D eigenvalue weighted by Crippen LogP contribution is 2.33. The van der Waals surface area contributed by atoms with E-state index in [9.17, 15) is 4.79 Å². The van der Waals surface area contributed by atoms with Gasteiger partial charge in [-0.15, -0.1) is 0 Å². The molecule has 0 aliphatic carbocycles. The lowest BCUT2D eigenvalue weighted by Crippen LogP contribution is -2.46. The van der Waals surface area contributed by atoms with Crippen LogP contribution in [0.5, 0.6) is 0 Å². The molecular formula is C26H32Cl2N4O. The summed E-state index contributed by atoms with van der Waals surface area (Å²) in [5, 5.41) is 7.16. The number of anilines is 2. The number of carbonyl (C=O) groups is 1. The largest absolute Gasteiger partial charge is 0.368 e. The van der Waals surface area contributed by atoms with Gasteiger partial charge in [-0.1, -0.05) is 67.4 Å². The number of amides is 2. The fourth-order valence-electron chi connectivity index (χ4n) is 4.52. The van der Waals surface area contributed by atoms with E-state index in [1.807, 2.05) is 18.2 Å². The van der Waals surface area contributed by atoms with E-state index in [1.54, 1.807) is 0 Å². The number of benzene rings is 2. The summed E-state index contributed by atoms with van der Waals surface area (Å²) in [6.45, 7) is 9.99. The van der Waals surface area contributed by atoms with Crippen LogP contribution in [0.2, 0.25) is 10.0 Å². The summed E-state index contributed by atoms with van der Waals surface area (Å²) < 4.78 is 0. The molecule has 0 spiro atoms. The van der Waals surface area contributed by atoms with Gasteiger partial charge in [0.2, 0.25) is 0 Å². The van der Waals surface area contributed by atoms with Crippen LogP contribution in [0.25, 0.3) is 6.08 Å². The van der Waals surface area contributed by atoms with Crippen molar-refractivity contribution in [1.29, 1.82) is 0 Å². The van der Waals surface area contributed by atoms with Crippen molar-refractivity contribution < 1.29 is 4.79 Å². The van der Waals surface area contributed by atoms with Crippen molar-refractivity contribution in [2.24, 2.45) is 0 Å². The van der Waals surface area contributed by atoms with Crippen molar-refractivity contribution in [3.05, 3.63) is 63.6 Å². The number of piperazine rings is 1. The summed E-state index contributed by atoms with van der Waals surface area (Å²) in [6, 6.07) is 12.0. The molecule has 2 N–H and O–H groups in total. The standard InChI is InChI=1S/C26H32Cl2N4O/c1-26(2)18-29-25(33)30-22-17-19(10-11-20(22)26)7-4-3-5-12-31-13-15-32(16-14-31)23-9-6-8-21(27)24(23)28/h4,6-11,17H,3,5,12-16,18H2,1-2H3,(H2,29,30,33)/b7-4+. The Morgan fingerprint density at radius 3 is 2.67 bits per heavy atom. The van der Waals surface area contributed by atoms with Crippen LogP contribution in [0.15, 0.2) is 42.5 Å². The van der Waals surface area contributed by atoms with Gasteiger partial charge < -0.3 is 15.5 Å². The lowest BCUT2D eigenvalue weighted by atomic mass is 9.83. The number of carbonyl (C=O) groups excluding carboxylic acids is 1. The Morgan fingerprint density at radius 2 is 1.88 bits per heavy atom. The fourth-order valence-corrected chi connectivity index (χ4v) is 4.94. The van der Waals surface area contributed by atoms with Crippen LogP contribution in [-0.2, 0) is 5.41 Å². The molecule has 2 aromatic carbocycles. The van der Waals surface area contributed by atoms with Crippen LogP contribution in [0.1, 0.15) is 37.8 Å². The van der Waals surface area contributed by atoms with Gasteiger partial charge >= 0.3 is 6.03 Å². The van der Waals surface area contributed by atoms with Crippen LogP contribution >= 0.6 is 23.2 Å². The maximum atomic E-state index is 12.0. The molecule has 4 rings (SSSR count). The molecule has 2 heterocycles. The Balaban J connectivity index is 1.24. The molecule has 2 aliphatic heterocycles. The van der Waals surface area contributed by atoms with Gasteiger partial charge in [0, 0.05) is 43.8 Å². The summed E-state index contributed by atoms with van der Waals surface area (Å²) in [7, 11) is 0. The van der Waals surface area contributed by atoms with Gasteiger partial charge in [-0.25, -0.2) is 4.79 Å². The number of hydrogen-bond acceptors (Lipinski definition) is 3. The van der Waals surface area contributed by atoms with Crippen LogP contribution in [0.4, 0.5) is 16.2 Å². The Labute approximate surface area is 206 Å². The van der Waals surface area contributed by atoms with Gasteiger partial charge in [0.25, 0.3) is 0 Å². The first-order valence-corrected chi connectivity index (χ1v) is 12.4. The minimum atomic E-state index is -0.138. The average molecular weight is 487 g/mol. The molecule has 2 aromatic rings. The molecule has 5 nitrogen and oxygen atoms in total. The van der Waals surface area contributed by atoms with Crippen molar-refractivity contribution in [2.75, 3.05) is 49.5 Å². The van der Waals surface area contributed by atoms with Gasteiger partial charge in [0.1, 0.15) is 0 Å². The number of allylic oxidation sites excluding steroid dienone is 1. The second-order valence-electron chi connectivity index (χ2n) is 9.44. The summed E-state index contributed by atoms with van der Waals surface area (Å²) in [6.07, 6.45) is 6.52. The highest BCUT2D eigenvalue weighted by molar-refractivity contribution is 6.43. The summed E-state index contributed by atoms with van der Waals surface area (Å²) >= 11 is 12.6. The third-order valence-corrected chi connectivity index (χ3v) is 7.32. The smallest absolute Gasteiger partial charge is 0.319 e. The number of urea groups is 1. The Morgan fingerprint density at radius 1 is 1.09 bits per heavy atom. The van der Waals surface area contributed by atoms with E-state index >= 15 is 0 Å². The lowest BCUT2D eigenvalue weighted by molar-refractivity contribution is 0.250. The highest BCUT2D eigenvalue weighted by atomic mass is 35.5. The minimum absolute atomic E-state index is 0.0983. The van der Waals surface area contributed by atoms with Crippen molar-refractivity contribution in [2.45, 2.75) is 32.1 Å². The normalized spacial score (nSPS) is 18.5. The van der Waals surface area contributed by atoms with Crippen molar-refractivity contribution in [3.8, 4) is 0 Å². The van der Waals surface area contributed by atoms with Crippen LogP contribution in [0.3, 0.4) is 0 Å². The number of nitrogens with zero attached hydrogens (tertiary/aromatic N) is 2. The summed E-state index contributed by atoms with van der Waals surface area (Å²) in [4.78, 5) is 16.8. The van der Waals surface area contributed by atoms with Crippen molar-refractivity contribution in [1.82, 2.24) is 10.2 Å². The molecule has 176 valence electrons. The third-order valence-electron chi connectivity index (χ3n) is 6.51. The summed E-state index contributed by atoms with van der Waals surface area (Å²) in [5.41, 5.74) is 4.10. The first-order valence-electron chi connectivity index (χ1n) is 11.6. The van der Waals surface area contributed by atoms with E-state index in [-0.39, 0.29) is 11.4 Å². The number of rotatable bonds is 6. The monoisotopic (exact) mass is 486 g/mol. The maximum Gasteiger partial charge on any atom is 0.319 e. The van der Waals surface area contributed by atoms with E-state index < -0.39 is 0 Å². The molecule has 0 radical (unpaired) electrons. The molecule has 2 amide bonds. The van der Waals surface area contributed by atoms with Gasteiger partial charge in [-0.3, -0.25) is 4.90 Å². The second-order valence-corrected chi connectivity index (χ2v) is 10.2. The van der Waals surface area contributed by atoms with Crippen molar-refractivity contribution >= 4 is 46.7 Å². The number of halogens is 2. The Bertz CT molecular complexity index is 1030. The van der Waals surface area contributed by atoms with Crippen LogP contribution < -0.4 is 15.5 Å². The lowest BCUT2D eigenvalue weighted by Gasteiger charge is -2.36. The van der Waals surface area contributed by atoms with Crippen LogP contribution in [0, 0.1) is 0 Å². The number of hydrogen-bond donors (Lipinski definition) is 2. The molecule has 0 atom stereocenters. The van der Waals surface area contributed by atoms with Gasteiger partial charge in [-0.2, -0.15) is 0 Å². The highest BCUT2D eigenvalue weighted by Gasteiger charge is 2.28. The molecule has 1 saturated heterocycles. The molecule has 0 unspecified atom stereocenters. The van der Waals surface area contributed by atoms with E-state index in [2.05, 4.69) is 64.6 Å². The molecule has 33 heavy (non-hydrogen) atoms. The first kappa shape index (κ1) is 23.9. The second kappa shape index (κ2) is 10.4. The fraction of sp³-hybridized carbons (Fsp3) is 0.423. The number of nitrogens with one attached hydrogen (secondary N) is 2. The van der Waals surface area contributed by atoms with Gasteiger partial charge in [0.05, 0.1) is 15.7 Å². The maximum absolute atomic E-state index is 12.0. The van der Waals surface area contributed by atoms with Gasteiger partial charge in [0.15, 0.2) is 0 Å². The average Bonchev–Trinajstić information content (AvgIpc) is 2.91. The zero-order chi connectivity index (χ0) is 23.4. The quantitative estimate of drug-likeness (QED) is 0.490. The van der Waals surface area contributed by atoms with Crippen LogP contribution in [-0.4, -0.2) is 50.2 Å². The van der Waals surface area contributed by atoms with Gasteiger partial charge in [-0.05, 0) is 48.7 Å². The summed E-state index contributed by atoms with van der Waals surface area (Å²) in [5.74, 6) is 0. The van der Waals surface area contributed by atoms with E-state index in [0.717, 1.165) is 68.1 Å². The zero-order valence-corrected chi connectivity index (χ0v) is 20.8. The van der Waals surface area contributed by atoms with E-state index in [0.29, 0.717) is 16.6 Å². The molecule has 0 bridgehead atoms. The van der Waals surface area contributed by atoms with E-state index in [1.165, 1.54) is 0 Å². The molecule has 7 heteroatoms. The molecule has 1 fully saturated rings. The predicted molar refractivity (Wildman–Crippen MR) is 140 cm³/mol. The number of fused-ring (bicyclic) bond motifs is 1. The van der Waals surface area contributed by atoms with E-state index in [4.69, 9.17) is 23.2 Å². The Hall–Kier alpha value is -2.21. The zero-order valence-electron chi connectivity index (χ0n) is 19.3. The predicted octanol–water partition coefficient (Wildman–Crippen LogP) is 6.02. The molecule has 0 saturated carbocycles. The molecule has 0 aromatic heterocycles. The third kappa shape index (κ3) is 5.84.